The molecule has 0 aliphatic carbocycles. The number of fused-ring (bicyclic) bond motifs is 1. The van der Waals surface area contributed by atoms with E-state index < -0.39 is 0 Å². The molecular formula is C21H22N6O2. The van der Waals surface area contributed by atoms with Crippen molar-refractivity contribution in [3.8, 4) is 11.4 Å². The van der Waals surface area contributed by atoms with Crippen LogP contribution >= 0.6 is 0 Å². The highest BCUT2D eigenvalue weighted by atomic mass is 16.3. The minimum Gasteiger partial charge on any atom is -0.472 e. The lowest BCUT2D eigenvalue weighted by Gasteiger charge is -2.11. The summed E-state index contributed by atoms with van der Waals surface area (Å²) in [5, 5.41) is 6.34. The molecule has 0 aliphatic heterocycles. The van der Waals surface area contributed by atoms with Crippen LogP contribution in [0.4, 0.5) is 11.5 Å². The summed E-state index contributed by atoms with van der Waals surface area (Å²) < 4.78 is 7.23. The van der Waals surface area contributed by atoms with Gasteiger partial charge in [-0.1, -0.05) is 12.1 Å². The van der Waals surface area contributed by atoms with Crippen LogP contribution in [0.1, 0.15) is 31.9 Å². The summed E-state index contributed by atoms with van der Waals surface area (Å²) in [5.74, 6) is 1.32. The normalized spacial score (nSPS) is 11.3. The Balaban J connectivity index is 1.53. The molecule has 0 atom stereocenters. The Hall–Kier alpha value is -3.55. The van der Waals surface area contributed by atoms with Gasteiger partial charge in [-0.3, -0.25) is 0 Å². The second-order valence-corrected chi connectivity index (χ2v) is 7.11. The Morgan fingerprint density at radius 1 is 1.17 bits per heavy atom. The first-order valence-electron chi connectivity index (χ1n) is 9.59. The first kappa shape index (κ1) is 18.8. The van der Waals surface area contributed by atoms with Gasteiger partial charge in [-0.15, -0.1) is 4.91 Å². The van der Waals surface area contributed by atoms with Crippen LogP contribution in [0.15, 0.2) is 58.8 Å². The number of aromatic nitrogens is 4. The Morgan fingerprint density at radius 3 is 2.69 bits per heavy atom. The van der Waals surface area contributed by atoms with Crippen molar-refractivity contribution >= 4 is 22.7 Å². The maximum atomic E-state index is 10.5. The molecule has 0 saturated heterocycles. The van der Waals surface area contributed by atoms with Crippen molar-refractivity contribution in [3.05, 3.63) is 59.7 Å². The van der Waals surface area contributed by atoms with E-state index in [0.29, 0.717) is 17.3 Å². The molecule has 1 N–H and O–H groups in total. The monoisotopic (exact) mass is 390 g/mol. The zero-order valence-electron chi connectivity index (χ0n) is 16.4. The molecule has 0 fully saturated rings. The number of hydrogen-bond donors (Lipinski definition) is 1. The number of nitrogens with one attached hydrogen (secondary N) is 1. The molecule has 1 aromatic carbocycles. The van der Waals surface area contributed by atoms with Crippen LogP contribution in [0.2, 0.25) is 0 Å². The molecule has 0 radical (unpaired) electrons. The van der Waals surface area contributed by atoms with Crippen molar-refractivity contribution < 1.29 is 4.42 Å². The van der Waals surface area contributed by atoms with E-state index >= 15 is 0 Å². The van der Waals surface area contributed by atoms with Crippen LogP contribution in [0.3, 0.4) is 0 Å². The summed E-state index contributed by atoms with van der Waals surface area (Å²) >= 11 is 0. The molecule has 0 amide bonds. The standard InChI is InChI=1S/C21H22N6O2/c1-14(2)27-13-23-18-20(24-19(25-21(18)27)16-9-11-29-12-16)22-10-3-4-15-5-7-17(26-28)8-6-15/h5-9,11-14H,3-4,10H2,1-2H3,(H,22,24,25). The average Bonchev–Trinajstić information content (AvgIpc) is 3.41. The van der Waals surface area contributed by atoms with Gasteiger partial charge in [0.15, 0.2) is 17.3 Å². The third-order valence-electron chi connectivity index (χ3n) is 4.73. The minimum atomic E-state index is 0.240. The van der Waals surface area contributed by atoms with E-state index in [9.17, 15) is 4.91 Å². The zero-order valence-corrected chi connectivity index (χ0v) is 16.4. The predicted octanol–water partition coefficient (Wildman–Crippen LogP) is 5.11. The minimum absolute atomic E-state index is 0.240. The van der Waals surface area contributed by atoms with Gasteiger partial charge in [-0.05, 0) is 55.6 Å². The highest BCUT2D eigenvalue weighted by Gasteiger charge is 2.16. The number of anilines is 1. The van der Waals surface area contributed by atoms with Crippen molar-refractivity contribution in [1.82, 2.24) is 19.5 Å². The number of imidazole rings is 1. The maximum absolute atomic E-state index is 10.5. The van der Waals surface area contributed by atoms with Gasteiger partial charge < -0.3 is 14.3 Å². The molecule has 29 heavy (non-hydrogen) atoms. The lowest BCUT2D eigenvalue weighted by molar-refractivity contribution is 0.568. The van der Waals surface area contributed by atoms with E-state index in [1.54, 1.807) is 31.0 Å². The van der Waals surface area contributed by atoms with Crippen LogP contribution < -0.4 is 5.32 Å². The maximum Gasteiger partial charge on any atom is 0.167 e. The van der Waals surface area contributed by atoms with Crippen LogP contribution in [0, 0.1) is 4.91 Å². The molecule has 4 aromatic rings. The van der Waals surface area contributed by atoms with Crippen molar-refractivity contribution in [2.24, 2.45) is 5.18 Å². The average molecular weight is 390 g/mol. The van der Waals surface area contributed by atoms with Gasteiger partial charge in [0.25, 0.3) is 0 Å². The van der Waals surface area contributed by atoms with Crippen LogP contribution in [0.25, 0.3) is 22.6 Å². The van der Waals surface area contributed by atoms with Gasteiger partial charge in [-0.25, -0.2) is 15.0 Å². The van der Waals surface area contributed by atoms with Crippen molar-refractivity contribution in [2.75, 3.05) is 11.9 Å². The van der Waals surface area contributed by atoms with Gasteiger partial charge >= 0.3 is 0 Å². The Kier molecular flexibility index (Phi) is 5.33. The van der Waals surface area contributed by atoms with Gasteiger partial charge in [0.05, 0.1) is 18.2 Å². The SMILES string of the molecule is CC(C)n1cnc2c(NCCCc3ccc(N=O)cc3)nc(-c3ccoc3)nc21. The molecule has 0 bridgehead atoms. The van der Waals surface area contributed by atoms with E-state index in [4.69, 9.17) is 9.40 Å². The summed E-state index contributed by atoms with van der Waals surface area (Å²) in [5.41, 5.74) is 3.99. The van der Waals surface area contributed by atoms with E-state index in [-0.39, 0.29) is 6.04 Å². The molecular weight excluding hydrogens is 368 g/mol. The number of benzene rings is 1. The van der Waals surface area contributed by atoms with E-state index in [2.05, 4.69) is 34.3 Å². The van der Waals surface area contributed by atoms with Crippen molar-refractivity contribution in [3.63, 3.8) is 0 Å². The van der Waals surface area contributed by atoms with Gasteiger partial charge in [0.1, 0.15) is 17.5 Å². The lowest BCUT2D eigenvalue weighted by atomic mass is 10.1. The molecule has 3 aromatic heterocycles. The van der Waals surface area contributed by atoms with E-state index in [1.165, 1.54) is 0 Å². The molecule has 8 heteroatoms. The molecule has 4 rings (SSSR count). The third kappa shape index (κ3) is 4.01. The van der Waals surface area contributed by atoms with Gasteiger partial charge in [-0.2, -0.15) is 0 Å². The number of furan rings is 1. The summed E-state index contributed by atoms with van der Waals surface area (Å²) in [4.78, 5) is 24.4. The van der Waals surface area contributed by atoms with Crippen molar-refractivity contribution in [2.45, 2.75) is 32.7 Å². The predicted molar refractivity (Wildman–Crippen MR) is 112 cm³/mol. The highest BCUT2D eigenvalue weighted by molar-refractivity contribution is 5.85. The fourth-order valence-electron chi connectivity index (χ4n) is 3.16. The summed E-state index contributed by atoms with van der Waals surface area (Å²) in [6.45, 7) is 4.93. The van der Waals surface area contributed by atoms with Crippen LogP contribution in [-0.2, 0) is 6.42 Å². The second-order valence-electron chi connectivity index (χ2n) is 7.11. The summed E-state index contributed by atoms with van der Waals surface area (Å²) in [6, 6.07) is 9.42. The Bertz CT molecular complexity index is 1100. The molecule has 148 valence electrons. The summed E-state index contributed by atoms with van der Waals surface area (Å²) in [6.07, 6.45) is 6.84. The van der Waals surface area contributed by atoms with Crippen molar-refractivity contribution in [1.29, 1.82) is 0 Å². The molecule has 0 unspecified atom stereocenters. The third-order valence-corrected chi connectivity index (χ3v) is 4.73. The topological polar surface area (TPSA) is 98.2 Å². The lowest BCUT2D eigenvalue weighted by Crippen LogP contribution is -2.08. The van der Waals surface area contributed by atoms with Crippen LogP contribution in [-0.4, -0.2) is 26.1 Å². The zero-order chi connectivity index (χ0) is 20.2. The molecule has 0 spiro atoms. The summed E-state index contributed by atoms with van der Waals surface area (Å²) in [7, 11) is 0. The largest absolute Gasteiger partial charge is 0.472 e. The number of nitroso groups, excluding NO2 is 1. The Morgan fingerprint density at radius 2 is 2.00 bits per heavy atom. The van der Waals surface area contributed by atoms with E-state index in [1.807, 2.05) is 22.8 Å². The first-order chi connectivity index (χ1) is 14.2. The molecule has 0 saturated carbocycles. The first-order valence-corrected chi connectivity index (χ1v) is 9.59. The van der Waals surface area contributed by atoms with Crippen LogP contribution in [0.5, 0.6) is 0 Å². The quantitative estimate of drug-likeness (QED) is 0.332. The highest BCUT2D eigenvalue weighted by Crippen LogP contribution is 2.26. The second kappa shape index (κ2) is 8.22. The Labute approximate surface area is 168 Å². The number of hydrogen-bond acceptors (Lipinski definition) is 7. The van der Waals surface area contributed by atoms with Gasteiger partial charge in [0.2, 0.25) is 0 Å². The smallest absolute Gasteiger partial charge is 0.167 e. The number of rotatable bonds is 8. The van der Waals surface area contributed by atoms with E-state index in [0.717, 1.165) is 41.7 Å². The fraction of sp³-hybridized carbons (Fsp3) is 0.286. The fourth-order valence-corrected chi connectivity index (χ4v) is 3.16. The molecule has 8 nitrogen and oxygen atoms in total. The van der Waals surface area contributed by atoms with Gasteiger partial charge in [0, 0.05) is 12.6 Å². The number of aryl methyl sites for hydroxylation is 1. The number of nitrogens with zero attached hydrogens (tertiary/aromatic N) is 5. The molecule has 0 aliphatic rings. The molecule has 3 heterocycles.